The Morgan fingerprint density at radius 3 is 2.55 bits per heavy atom. The van der Waals surface area contributed by atoms with Gasteiger partial charge in [-0.25, -0.2) is 14.4 Å². The van der Waals surface area contributed by atoms with Gasteiger partial charge in [-0.15, -0.1) is 0 Å². The van der Waals surface area contributed by atoms with Crippen LogP contribution < -0.4 is 5.32 Å². The van der Waals surface area contributed by atoms with Crippen LogP contribution in [0.15, 0.2) is 30.3 Å². The average Bonchev–Trinajstić information content (AvgIpc) is 2.77. The predicted octanol–water partition coefficient (Wildman–Crippen LogP) is 0.207. The van der Waals surface area contributed by atoms with Crippen molar-refractivity contribution in [2.24, 2.45) is 0 Å². The standard InChI is InChI=1S/C13H14N2O5/c1-20-12(18)10-9(11(16)17)14-13(19)15(10)7-8-5-3-2-4-6-8/h2-6,9-10H,7H2,1H3,(H,14,19)(H,16,17). The number of rotatable bonds is 4. The van der Waals surface area contributed by atoms with E-state index in [0.717, 1.165) is 12.7 Å². The van der Waals surface area contributed by atoms with Gasteiger partial charge in [-0.2, -0.15) is 0 Å². The largest absolute Gasteiger partial charge is 0.480 e. The maximum absolute atomic E-state index is 11.9. The number of esters is 1. The minimum atomic E-state index is -1.31. The molecule has 1 aliphatic rings. The normalized spacial score (nSPS) is 21.4. The Morgan fingerprint density at radius 1 is 1.35 bits per heavy atom. The molecule has 2 unspecified atom stereocenters. The quantitative estimate of drug-likeness (QED) is 0.767. The second-order valence-corrected chi connectivity index (χ2v) is 4.35. The highest BCUT2D eigenvalue weighted by Gasteiger charge is 2.48. The Morgan fingerprint density at radius 2 is 2.00 bits per heavy atom. The number of carboxylic acids is 1. The lowest BCUT2D eigenvalue weighted by molar-refractivity contribution is -0.151. The summed E-state index contributed by atoms with van der Waals surface area (Å²) in [5.41, 5.74) is 0.794. The molecule has 0 aliphatic carbocycles. The fourth-order valence-corrected chi connectivity index (χ4v) is 2.13. The second kappa shape index (κ2) is 5.60. The molecule has 2 N–H and O–H groups in total. The first-order valence-electron chi connectivity index (χ1n) is 5.96. The molecule has 1 heterocycles. The summed E-state index contributed by atoms with van der Waals surface area (Å²) in [5, 5.41) is 11.4. The van der Waals surface area contributed by atoms with Gasteiger partial charge in [-0.1, -0.05) is 30.3 Å². The third-order valence-electron chi connectivity index (χ3n) is 3.10. The summed E-state index contributed by atoms with van der Waals surface area (Å²) < 4.78 is 4.59. The molecule has 0 bridgehead atoms. The maximum atomic E-state index is 11.9. The monoisotopic (exact) mass is 278 g/mol. The van der Waals surface area contributed by atoms with Gasteiger partial charge in [0.25, 0.3) is 0 Å². The lowest BCUT2D eigenvalue weighted by Crippen LogP contribution is -2.47. The maximum Gasteiger partial charge on any atom is 0.331 e. The zero-order chi connectivity index (χ0) is 14.7. The number of amides is 2. The third-order valence-corrected chi connectivity index (χ3v) is 3.10. The average molecular weight is 278 g/mol. The molecular weight excluding hydrogens is 264 g/mol. The molecule has 2 amide bonds. The molecule has 0 aromatic heterocycles. The van der Waals surface area contributed by atoms with Gasteiger partial charge in [0.1, 0.15) is 0 Å². The predicted molar refractivity (Wildman–Crippen MR) is 67.7 cm³/mol. The van der Waals surface area contributed by atoms with Crippen molar-refractivity contribution < 1.29 is 24.2 Å². The Kier molecular flexibility index (Phi) is 3.88. The van der Waals surface area contributed by atoms with E-state index in [4.69, 9.17) is 5.11 Å². The van der Waals surface area contributed by atoms with E-state index < -0.39 is 30.1 Å². The second-order valence-electron chi connectivity index (χ2n) is 4.35. The number of hydrogen-bond donors (Lipinski definition) is 2. The number of hydrogen-bond acceptors (Lipinski definition) is 4. The van der Waals surface area contributed by atoms with Crippen LogP contribution in [-0.2, 0) is 20.9 Å². The van der Waals surface area contributed by atoms with E-state index in [9.17, 15) is 14.4 Å². The van der Waals surface area contributed by atoms with E-state index in [0.29, 0.717) is 0 Å². The van der Waals surface area contributed by atoms with Crippen molar-refractivity contribution in [3.05, 3.63) is 35.9 Å². The highest BCUT2D eigenvalue weighted by Crippen LogP contribution is 2.19. The number of methoxy groups -OCH3 is 1. The van der Waals surface area contributed by atoms with Crippen molar-refractivity contribution in [1.82, 2.24) is 10.2 Å². The van der Waals surface area contributed by atoms with E-state index >= 15 is 0 Å². The van der Waals surface area contributed by atoms with Crippen LogP contribution in [0.3, 0.4) is 0 Å². The molecule has 0 radical (unpaired) electrons. The zero-order valence-corrected chi connectivity index (χ0v) is 10.8. The van der Waals surface area contributed by atoms with Crippen molar-refractivity contribution in [3.8, 4) is 0 Å². The first kappa shape index (κ1) is 13.9. The third kappa shape index (κ3) is 2.56. The molecule has 1 aliphatic heterocycles. The number of urea groups is 1. The van der Waals surface area contributed by atoms with Gasteiger partial charge in [-0.05, 0) is 5.56 Å². The molecule has 20 heavy (non-hydrogen) atoms. The number of aliphatic carboxylic acids is 1. The summed E-state index contributed by atoms with van der Waals surface area (Å²) in [7, 11) is 1.16. The number of nitrogens with zero attached hydrogens (tertiary/aromatic N) is 1. The van der Waals surface area contributed by atoms with E-state index in [1.807, 2.05) is 6.07 Å². The Hall–Kier alpha value is -2.57. The van der Waals surface area contributed by atoms with Gasteiger partial charge in [0.05, 0.1) is 7.11 Å². The molecule has 106 valence electrons. The number of carbonyl (C=O) groups excluding carboxylic acids is 2. The van der Waals surface area contributed by atoms with Gasteiger partial charge in [0, 0.05) is 6.54 Å². The van der Waals surface area contributed by atoms with E-state index in [2.05, 4.69) is 10.1 Å². The highest BCUT2D eigenvalue weighted by molar-refractivity contribution is 5.96. The van der Waals surface area contributed by atoms with E-state index in [1.165, 1.54) is 4.90 Å². The van der Waals surface area contributed by atoms with Gasteiger partial charge in [0.15, 0.2) is 12.1 Å². The van der Waals surface area contributed by atoms with Gasteiger partial charge in [-0.3, -0.25) is 0 Å². The SMILES string of the molecule is COC(=O)C1C(C(=O)O)NC(=O)N1Cc1ccccc1. The van der Waals surface area contributed by atoms with Crippen LogP contribution in [-0.4, -0.2) is 47.2 Å². The first-order valence-corrected chi connectivity index (χ1v) is 5.96. The molecule has 2 rings (SSSR count). The Bertz CT molecular complexity index is 531. The molecule has 1 aromatic rings. The van der Waals surface area contributed by atoms with Crippen LogP contribution in [0, 0.1) is 0 Å². The van der Waals surface area contributed by atoms with Crippen molar-refractivity contribution in [1.29, 1.82) is 0 Å². The summed E-state index contributed by atoms with van der Waals surface area (Å²) in [5.74, 6) is -2.03. The van der Waals surface area contributed by atoms with Crippen molar-refractivity contribution >= 4 is 18.0 Å². The minimum Gasteiger partial charge on any atom is -0.480 e. The minimum absolute atomic E-state index is 0.135. The molecule has 1 fully saturated rings. The fourth-order valence-electron chi connectivity index (χ4n) is 2.13. The smallest absolute Gasteiger partial charge is 0.331 e. The van der Waals surface area contributed by atoms with Gasteiger partial charge < -0.3 is 20.1 Å². The lowest BCUT2D eigenvalue weighted by Gasteiger charge is -2.22. The van der Waals surface area contributed by atoms with Crippen LogP contribution in [0.1, 0.15) is 5.56 Å². The van der Waals surface area contributed by atoms with Crippen molar-refractivity contribution in [3.63, 3.8) is 0 Å². The number of benzene rings is 1. The number of nitrogens with one attached hydrogen (secondary N) is 1. The Labute approximate surface area is 115 Å². The molecule has 7 nitrogen and oxygen atoms in total. The van der Waals surface area contributed by atoms with Crippen LogP contribution in [0.5, 0.6) is 0 Å². The molecule has 1 aromatic carbocycles. The molecule has 1 saturated heterocycles. The van der Waals surface area contributed by atoms with Crippen LogP contribution in [0.4, 0.5) is 4.79 Å². The van der Waals surface area contributed by atoms with Gasteiger partial charge in [0.2, 0.25) is 0 Å². The summed E-state index contributed by atoms with van der Waals surface area (Å²) in [6.07, 6.45) is 0. The van der Waals surface area contributed by atoms with Gasteiger partial charge >= 0.3 is 18.0 Å². The molecule has 2 atom stereocenters. The molecular formula is C13H14N2O5. The summed E-state index contributed by atoms with van der Waals surface area (Å²) in [6, 6.07) is 5.91. The van der Waals surface area contributed by atoms with Crippen molar-refractivity contribution in [2.75, 3.05) is 7.11 Å². The number of carboxylic acid groups (broad SMARTS) is 1. The molecule has 0 saturated carbocycles. The van der Waals surface area contributed by atoms with Crippen molar-refractivity contribution in [2.45, 2.75) is 18.6 Å². The topological polar surface area (TPSA) is 95.9 Å². The first-order chi connectivity index (χ1) is 9.54. The Balaban J connectivity index is 2.26. The number of ether oxygens (including phenoxy) is 1. The summed E-state index contributed by atoms with van der Waals surface area (Å²) >= 11 is 0. The molecule has 0 spiro atoms. The number of carbonyl (C=O) groups is 3. The fraction of sp³-hybridized carbons (Fsp3) is 0.308. The van der Waals surface area contributed by atoms with E-state index in [1.54, 1.807) is 24.3 Å². The summed E-state index contributed by atoms with van der Waals surface area (Å²) in [6.45, 7) is 0.135. The lowest BCUT2D eigenvalue weighted by atomic mass is 10.1. The molecule has 7 heteroatoms. The van der Waals surface area contributed by atoms with Crippen LogP contribution in [0.25, 0.3) is 0 Å². The van der Waals surface area contributed by atoms with Crippen LogP contribution >= 0.6 is 0 Å². The van der Waals surface area contributed by atoms with E-state index in [-0.39, 0.29) is 6.54 Å². The highest BCUT2D eigenvalue weighted by atomic mass is 16.5. The zero-order valence-electron chi connectivity index (χ0n) is 10.8. The summed E-state index contributed by atoms with van der Waals surface area (Å²) in [4.78, 5) is 35.9. The van der Waals surface area contributed by atoms with Crippen LogP contribution in [0.2, 0.25) is 0 Å².